The van der Waals surface area contributed by atoms with Crippen LogP contribution in [0.5, 0.6) is 5.75 Å². The van der Waals surface area contributed by atoms with Crippen LogP contribution >= 0.6 is 0 Å². The third-order valence-electron chi connectivity index (χ3n) is 3.13. The maximum Gasteiger partial charge on any atom is 0.221 e. The first-order chi connectivity index (χ1) is 9.19. The number of hydrogen-bond donors (Lipinski definition) is 2. The number of methoxy groups -OCH3 is 1. The minimum Gasteiger partial charge on any atom is -0.495 e. The summed E-state index contributed by atoms with van der Waals surface area (Å²) >= 11 is 0. The second kappa shape index (κ2) is 6.43. The van der Waals surface area contributed by atoms with E-state index in [1.165, 1.54) is 6.92 Å². The number of ether oxygens (including phenoxy) is 2. The van der Waals surface area contributed by atoms with Gasteiger partial charge in [-0.1, -0.05) is 0 Å². The first-order valence-corrected chi connectivity index (χ1v) is 6.46. The Morgan fingerprint density at radius 1 is 1.53 bits per heavy atom. The molecule has 1 aliphatic heterocycles. The molecule has 0 radical (unpaired) electrons. The van der Waals surface area contributed by atoms with Gasteiger partial charge in [-0.2, -0.15) is 0 Å². The number of nitrogens with one attached hydrogen (secondary N) is 2. The minimum absolute atomic E-state index is 0.0830. The van der Waals surface area contributed by atoms with Gasteiger partial charge in [0.25, 0.3) is 0 Å². The van der Waals surface area contributed by atoms with Crippen molar-refractivity contribution >= 4 is 17.3 Å². The average molecular weight is 264 g/mol. The van der Waals surface area contributed by atoms with E-state index in [4.69, 9.17) is 9.47 Å². The largest absolute Gasteiger partial charge is 0.495 e. The van der Waals surface area contributed by atoms with E-state index < -0.39 is 0 Å². The first-order valence-electron chi connectivity index (χ1n) is 6.46. The molecule has 1 atom stereocenters. The van der Waals surface area contributed by atoms with Crippen LogP contribution in [0, 0.1) is 5.92 Å². The molecule has 2 rings (SSSR count). The summed E-state index contributed by atoms with van der Waals surface area (Å²) in [4.78, 5) is 11.1. The van der Waals surface area contributed by atoms with Crippen molar-refractivity contribution in [2.24, 2.45) is 5.92 Å². The van der Waals surface area contributed by atoms with Crippen LogP contribution in [0.4, 0.5) is 11.4 Å². The lowest BCUT2D eigenvalue weighted by atomic mass is 10.1. The van der Waals surface area contributed by atoms with Crippen molar-refractivity contribution in [2.75, 3.05) is 37.5 Å². The standard InChI is InChI=1S/C14H20N2O3/c1-10(17)16-12-3-4-14(18-2)13(7-12)15-8-11-5-6-19-9-11/h3-4,7,11,15H,5-6,8-9H2,1-2H3,(H,16,17). The molecule has 1 amide bonds. The molecule has 1 saturated heterocycles. The number of carbonyl (C=O) groups is 1. The molecule has 5 nitrogen and oxygen atoms in total. The van der Waals surface area contributed by atoms with Crippen LogP contribution < -0.4 is 15.4 Å². The van der Waals surface area contributed by atoms with Crippen molar-refractivity contribution in [1.29, 1.82) is 0 Å². The van der Waals surface area contributed by atoms with Gasteiger partial charge in [0.1, 0.15) is 5.75 Å². The summed E-state index contributed by atoms with van der Waals surface area (Å²) in [5.41, 5.74) is 1.65. The number of amides is 1. The smallest absolute Gasteiger partial charge is 0.221 e. The van der Waals surface area contributed by atoms with Crippen LogP contribution in [0.15, 0.2) is 18.2 Å². The summed E-state index contributed by atoms with van der Waals surface area (Å²) in [6, 6.07) is 5.55. The molecule has 0 saturated carbocycles. The Morgan fingerprint density at radius 2 is 2.37 bits per heavy atom. The van der Waals surface area contributed by atoms with Crippen molar-refractivity contribution in [3.63, 3.8) is 0 Å². The fourth-order valence-corrected chi connectivity index (χ4v) is 2.13. The van der Waals surface area contributed by atoms with E-state index in [0.29, 0.717) is 5.92 Å². The van der Waals surface area contributed by atoms with Crippen molar-refractivity contribution in [3.8, 4) is 5.75 Å². The van der Waals surface area contributed by atoms with Crippen LogP contribution in [-0.2, 0) is 9.53 Å². The van der Waals surface area contributed by atoms with E-state index in [1.807, 2.05) is 18.2 Å². The third-order valence-corrected chi connectivity index (χ3v) is 3.13. The predicted molar refractivity (Wildman–Crippen MR) is 74.7 cm³/mol. The predicted octanol–water partition coefficient (Wildman–Crippen LogP) is 2.10. The van der Waals surface area contributed by atoms with Crippen LogP contribution in [0.25, 0.3) is 0 Å². The highest BCUT2D eigenvalue weighted by Gasteiger charge is 2.16. The minimum atomic E-state index is -0.0830. The molecule has 0 aromatic heterocycles. The lowest BCUT2D eigenvalue weighted by Gasteiger charge is -2.15. The van der Waals surface area contributed by atoms with Gasteiger partial charge < -0.3 is 20.1 Å². The highest BCUT2D eigenvalue weighted by Crippen LogP contribution is 2.28. The summed E-state index contributed by atoms with van der Waals surface area (Å²) in [6.07, 6.45) is 1.08. The molecule has 1 aromatic carbocycles. The summed E-state index contributed by atoms with van der Waals surface area (Å²) in [5, 5.41) is 6.13. The summed E-state index contributed by atoms with van der Waals surface area (Å²) in [6.45, 7) is 3.99. The molecule has 19 heavy (non-hydrogen) atoms. The van der Waals surface area contributed by atoms with Crippen molar-refractivity contribution in [1.82, 2.24) is 0 Å². The van der Waals surface area contributed by atoms with E-state index in [1.54, 1.807) is 7.11 Å². The molecule has 0 bridgehead atoms. The van der Waals surface area contributed by atoms with Crippen molar-refractivity contribution < 1.29 is 14.3 Å². The topological polar surface area (TPSA) is 59.6 Å². The maximum atomic E-state index is 11.1. The zero-order valence-electron chi connectivity index (χ0n) is 11.4. The highest BCUT2D eigenvalue weighted by atomic mass is 16.5. The Balaban J connectivity index is 2.04. The second-order valence-corrected chi connectivity index (χ2v) is 4.71. The van der Waals surface area contributed by atoms with Gasteiger partial charge in [-0.25, -0.2) is 0 Å². The molecule has 5 heteroatoms. The first kappa shape index (κ1) is 13.7. The van der Waals surface area contributed by atoms with E-state index in [-0.39, 0.29) is 5.91 Å². The van der Waals surface area contributed by atoms with Gasteiger partial charge in [-0.05, 0) is 24.6 Å². The van der Waals surface area contributed by atoms with E-state index >= 15 is 0 Å². The van der Waals surface area contributed by atoms with Gasteiger partial charge in [0.05, 0.1) is 19.4 Å². The normalized spacial score (nSPS) is 18.1. The molecule has 1 unspecified atom stereocenters. The second-order valence-electron chi connectivity index (χ2n) is 4.71. The molecule has 1 aliphatic rings. The Hall–Kier alpha value is -1.75. The monoisotopic (exact) mass is 264 g/mol. The number of carbonyl (C=O) groups excluding carboxylic acids is 1. The fraction of sp³-hybridized carbons (Fsp3) is 0.500. The molecule has 1 fully saturated rings. The average Bonchev–Trinajstić information content (AvgIpc) is 2.89. The number of rotatable bonds is 5. The van der Waals surface area contributed by atoms with E-state index in [0.717, 1.165) is 43.3 Å². The molecule has 2 N–H and O–H groups in total. The summed E-state index contributed by atoms with van der Waals surface area (Å²) in [7, 11) is 1.64. The van der Waals surface area contributed by atoms with Gasteiger partial charge in [-0.15, -0.1) is 0 Å². The van der Waals surface area contributed by atoms with Gasteiger partial charge in [-0.3, -0.25) is 4.79 Å². The number of hydrogen-bond acceptors (Lipinski definition) is 4. The maximum absolute atomic E-state index is 11.1. The number of benzene rings is 1. The Bertz CT molecular complexity index is 442. The zero-order valence-corrected chi connectivity index (χ0v) is 11.4. The van der Waals surface area contributed by atoms with Gasteiger partial charge in [0.15, 0.2) is 0 Å². The molecule has 1 heterocycles. The van der Waals surface area contributed by atoms with E-state index in [9.17, 15) is 4.79 Å². The van der Waals surface area contributed by atoms with Crippen LogP contribution in [-0.4, -0.2) is 32.8 Å². The molecular weight excluding hydrogens is 244 g/mol. The molecule has 0 spiro atoms. The molecule has 104 valence electrons. The molecule has 0 aliphatic carbocycles. The van der Waals surface area contributed by atoms with Crippen LogP contribution in [0.2, 0.25) is 0 Å². The van der Waals surface area contributed by atoms with E-state index in [2.05, 4.69) is 10.6 Å². The lowest BCUT2D eigenvalue weighted by Crippen LogP contribution is -2.15. The molecule has 1 aromatic rings. The summed E-state index contributed by atoms with van der Waals surface area (Å²) in [5.74, 6) is 1.22. The van der Waals surface area contributed by atoms with Crippen LogP contribution in [0.1, 0.15) is 13.3 Å². The van der Waals surface area contributed by atoms with Gasteiger partial charge >= 0.3 is 0 Å². The van der Waals surface area contributed by atoms with Gasteiger partial charge in [0.2, 0.25) is 5.91 Å². The number of anilines is 2. The quantitative estimate of drug-likeness (QED) is 0.855. The van der Waals surface area contributed by atoms with Crippen molar-refractivity contribution in [2.45, 2.75) is 13.3 Å². The molecular formula is C14H20N2O3. The fourth-order valence-electron chi connectivity index (χ4n) is 2.13. The highest BCUT2D eigenvalue weighted by molar-refractivity contribution is 5.89. The van der Waals surface area contributed by atoms with Crippen molar-refractivity contribution in [3.05, 3.63) is 18.2 Å². The SMILES string of the molecule is COc1ccc(NC(C)=O)cc1NCC1CCOC1. The zero-order chi connectivity index (χ0) is 13.7. The Labute approximate surface area is 113 Å². The Kier molecular flexibility index (Phi) is 4.63. The lowest BCUT2D eigenvalue weighted by molar-refractivity contribution is -0.114. The van der Waals surface area contributed by atoms with Gasteiger partial charge in [0, 0.05) is 31.7 Å². The third kappa shape index (κ3) is 3.86. The van der Waals surface area contributed by atoms with Crippen LogP contribution in [0.3, 0.4) is 0 Å². The summed E-state index contributed by atoms with van der Waals surface area (Å²) < 4.78 is 10.7. The Morgan fingerprint density at radius 3 is 3.00 bits per heavy atom.